The van der Waals surface area contributed by atoms with E-state index in [4.69, 9.17) is 19.9 Å². The second kappa shape index (κ2) is 6.44. The van der Waals surface area contributed by atoms with Gasteiger partial charge >= 0.3 is 0 Å². The molecule has 7 nitrogen and oxygen atoms in total. The van der Waals surface area contributed by atoms with Gasteiger partial charge in [0.15, 0.2) is 11.6 Å². The number of anilines is 2. The van der Waals surface area contributed by atoms with Crippen LogP contribution >= 0.6 is 0 Å². The number of nitrogens with two attached hydrogens (primary N) is 1. The number of nitrogens with one attached hydrogen (secondary N) is 1. The lowest BCUT2D eigenvalue weighted by molar-refractivity contribution is 0.104. The number of ether oxygens (including phenoxy) is 3. The van der Waals surface area contributed by atoms with Gasteiger partial charge in [-0.1, -0.05) is 0 Å². The fourth-order valence-electron chi connectivity index (χ4n) is 2.70. The summed E-state index contributed by atoms with van der Waals surface area (Å²) in [4.78, 5) is 8.87. The van der Waals surface area contributed by atoms with Crippen molar-refractivity contribution in [2.45, 2.75) is 37.9 Å². The Bertz CT molecular complexity index is 485. The molecule has 2 aliphatic heterocycles. The molecule has 0 aromatic carbocycles. The Morgan fingerprint density at radius 1 is 1.24 bits per heavy atom. The predicted octanol–water partition coefficient (Wildman–Crippen LogP) is 1.51. The lowest BCUT2D eigenvalue weighted by Crippen LogP contribution is -2.21. The van der Waals surface area contributed by atoms with E-state index >= 15 is 0 Å². The molecule has 0 spiro atoms. The van der Waals surface area contributed by atoms with E-state index in [1.165, 1.54) is 0 Å². The third kappa shape index (κ3) is 3.19. The third-order valence-corrected chi connectivity index (χ3v) is 3.86. The maximum Gasteiger partial charge on any atom is 0.242 e. The first-order chi connectivity index (χ1) is 10.3. The van der Waals surface area contributed by atoms with Crippen molar-refractivity contribution >= 4 is 11.5 Å². The highest BCUT2D eigenvalue weighted by Gasteiger charge is 2.24. The topological polar surface area (TPSA) is 91.5 Å². The Morgan fingerprint density at radius 2 is 2.05 bits per heavy atom. The molecular weight excluding hydrogens is 272 g/mol. The Labute approximate surface area is 124 Å². The molecule has 2 saturated heterocycles. The standard InChI is InChI=1S/C14H22N4O3/c1-19-14-11(15)13(16-8-9-4-2-6-20-9)17-12(18-14)10-5-3-7-21-10/h9-10H,2-8,15H2,1H3,(H,16,17,18). The van der Waals surface area contributed by atoms with Crippen molar-refractivity contribution in [2.24, 2.45) is 0 Å². The van der Waals surface area contributed by atoms with Crippen molar-refractivity contribution in [3.8, 4) is 5.88 Å². The minimum atomic E-state index is -0.0669. The van der Waals surface area contributed by atoms with E-state index in [2.05, 4.69) is 15.3 Å². The van der Waals surface area contributed by atoms with Gasteiger partial charge in [-0.2, -0.15) is 4.98 Å². The average Bonchev–Trinajstić information content (AvgIpc) is 3.19. The minimum Gasteiger partial charge on any atom is -0.479 e. The lowest BCUT2D eigenvalue weighted by atomic mass is 10.2. The first kappa shape index (κ1) is 14.3. The average molecular weight is 294 g/mol. The molecule has 1 aromatic rings. The van der Waals surface area contributed by atoms with Gasteiger partial charge in [0.05, 0.1) is 13.2 Å². The van der Waals surface area contributed by atoms with Gasteiger partial charge in [-0.15, -0.1) is 0 Å². The quantitative estimate of drug-likeness (QED) is 0.850. The maximum absolute atomic E-state index is 6.05. The van der Waals surface area contributed by atoms with Gasteiger partial charge in [0.25, 0.3) is 0 Å². The molecule has 116 valence electrons. The molecule has 0 radical (unpaired) electrons. The number of hydrogen-bond acceptors (Lipinski definition) is 7. The van der Waals surface area contributed by atoms with Crippen LogP contribution in [-0.4, -0.2) is 42.9 Å². The molecule has 1 aromatic heterocycles. The van der Waals surface area contributed by atoms with E-state index in [1.807, 2.05) is 0 Å². The largest absolute Gasteiger partial charge is 0.479 e. The van der Waals surface area contributed by atoms with Crippen LogP contribution in [0.25, 0.3) is 0 Å². The number of aromatic nitrogens is 2. The first-order valence-electron chi connectivity index (χ1n) is 7.46. The summed E-state index contributed by atoms with van der Waals surface area (Å²) in [5.74, 6) is 1.63. The first-order valence-corrected chi connectivity index (χ1v) is 7.46. The fourth-order valence-corrected chi connectivity index (χ4v) is 2.70. The van der Waals surface area contributed by atoms with Crippen LogP contribution in [0.15, 0.2) is 0 Å². The van der Waals surface area contributed by atoms with E-state index in [0.717, 1.165) is 38.9 Å². The van der Waals surface area contributed by atoms with Gasteiger partial charge in [-0.05, 0) is 25.7 Å². The number of hydrogen-bond donors (Lipinski definition) is 2. The smallest absolute Gasteiger partial charge is 0.242 e. The lowest BCUT2D eigenvalue weighted by Gasteiger charge is -2.16. The van der Waals surface area contributed by atoms with E-state index < -0.39 is 0 Å². The van der Waals surface area contributed by atoms with Gasteiger partial charge in [-0.3, -0.25) is 0 Å². The summed E-state index contributed by atoms with van der Waals surface area (Å²) in [6.07, 6.45) is 4.28. The monoisotopic (exact) mass is 294 g/mol. The number of rotatable bonds is 5. The van der Waals surface area contributed by atoms with Gasteiger partial charge in [0.1, 0.15) is 11.8 Å². The molecule has 3 rings (SSSR count). The molecule has 2 fully saturated rings. The van der Waals surface area contributed by atoms with Crippen molar-refractivity contribution in [3.63, 3.8) is 0 Å². The van der Waals surface area contributed by atoms with Crippen LogP contribution in [-0.2, 0) is 9.47 Å². The van der Waals surface area contributed by atoms with Crippen molar-refractivity contribution in [2.75, 3.05) is 37.9 Å². The molecule has 21 heavy (non-hydrogen) atoms. The highest BCUT2D eigenvalue weighted by atomic mass is 16.5. The SMILES string of the molecule is COc1nc(C2CCCO2)nc(NCC2CCCO2)c1N. The molecule has 0 aliphatic carbocycles. The molecule has 2 aliphatic rings. The normalized spacial score (nSPS) is 25.2. The van der Waals surface area contributed by atoms with E-state index in [-0.39, 0.29) is 12.2 Å². The summed E-state index contributed by atoms with van der Waals surface area (Å²) in [6, 6.07) is 0. The van der Waals surface area contributed by atoms with Crippen LogP contribution in [0.5, 0.6) is 5.88 Å². The van der Waals surface area contributed by atoms with Crippen LogP contribution in [0.3, 0.4) is 0 Å². The Kier molecular flexibility index (Phi) is 4.40. The minimum absolute atomic E-state index is 0.0669. The number of methoxy groups -OCH3 is 1. The summed E-state index contributed by atoms with van der Waals surface area (Å²) < 4.78 is 16.5. The molecule has 2 unspecified atom stereocenters. The van der Waals surface area contributed by atoms with Crippen LogP contribution in [0.2, 0.25) is 0 Å². The molecule has 3 heterocycles. The van der Waals surface area contributed by atoms with Crippen LogP contribution < -0.4 is 15.8 Å². The van der Waals surface area contributed by atoms with Crippen molar-refractivity contribution in [3.05, 3.63) is 5.82 Å². The zero-order valence-electron chi connectivity index (χ0n) is 12.3. The maximum atomic E-state index is 6.05. The Balaban J connectivity index is 1.77. The van der Waals surface area contributed by atoms with Crippen molar-refractivity contribution < 1.29 is 14.2 Å². The summed E-state index contributed by atoms with van der Waals surface area (Å²) in [5, 5.41) is 3.26. The zero-order chi connectivity index (χ0) is 14.7. The Hall–Kier alpha value is -1.60. The fraction of sp³-hybridized carbons (Fsp3) is 0.714. The second-order valence-corrected chi connectivity index (χ2v) is 5.37. The van der Waals surface area contributed by atoms with Crippen LogP contribution in [0.1, 0.15) is 37.6 Å². The molecule has 2 atom stereocenters. The molecule has 0 amide bonds. The van der Waals surface area contributed by atoms with Crippen LogP contribution in [0.4, 0.5) is 11.5 Å². The van der Waals surface area contributed by atoms with E-state index in [0.29, 0.717) is 29.8 Å². The number of nitrogens with zero attached hydrogens (tertiary/aromatic N) is 2. The van der Waals surface area contributed by atoms with Gasteiger partial charge in [-0.25, -0.2) is 4.98 Å². The van der Waals surface area contributed by atoms with Crippen molar-refractivity contribution in [1.82, 2.24) is 9.97 Å². The van der Waals surface area contributed by atoms with E-state index in [9.17, 15) is 0 Å². The summed E-state index contributed by atoms with van der Waals surface area (Å²) in [5.41, 5.74) is 6.48. The predicted molar refractivity (Wildman–Crippen MR) is 78.4 cm³/mol. The number of nitrogen functional groups attached to an aromatic ring is 1. The summed E-state index contributed by atoms with van der Waals surface area (Å²) >= 11 is 0. The van der Waals surface area contributed by atoms with Gasteiger partial charge in [0.2, 0.25) is 5.88 Å². The highest BCUT2D eigenvalue weighted by molar-refractivity contribution is 5.67. The molecule has 7 heteroatoms. The Morgan fingerprint density at radius 3 is 2.71 bits per heavy atom. The third-order valence-electron chi connectivity index (χ3n) is 3.86. The van der Waals surface area contributed by atoms with Gasteiger partial charge in [0, 0.05) is 19.8 Å². The van der Waals surface area contributed by atoms with Gasteiger partial charge < -0.3 is 25.3 Å². The second-order valence-electron chi connectivity index (χ2n) is 5.37. The summed E-state index contributed by atoms with van der Waals surface area (Å²) in [6.45, 7) is 2.27. The molecule has 0 saturated carbocycles. The van der Waals surface area contributed by atoms with E-state index in [1.54, 1.807) is 7.11 Å². The molecular formula is C14H22N4O3. The highest BCUT2D eigenvalue weighted by Crippen LogP contribution is 2.32. The zero-order valence-corrected chi connectivity index (χ0v) is 12.3. The van der Waals surface area contributed by atoms with Crippen LogP contribution in [0, 0.1) is 0 Å². The molecule has 3 N–H and O–H groups in total. The molecule has 0 bridgehead atoms. The van der Waals surface area contributed by atoms with Crippen molar-refractivity contribution in [1.29, 1.82) is 0 Å². The summed E-state index contributed by atoms with van der Waals surface area (Å²) in [7, 11) is 1.56.